The van der Waals surface area contributed by atoms with Crippen molar-refractivity contribution >= 4 is 5.91 Å². The Morgan fingerprint density at radius 1 is 1.11 bits per heavy atom. The Hall–Kier alpha value is -2.67. The summed E-state index contributed by atoms with van der Waals surface area (Å²) in [6, 6.07) is 13.7. The molecular formula is C21H23F2NO4. The van der Waals surface area contributed by atoms with Gasteiger partial charge in [0.05, 0.1) is 13.2 Å². The number of aliphatic hydroxyl groups is 1. The SMILES string of the molecule is COc1cc(C(=O)N2CCC(C(O)c3ccccc3)CC2)ccc1OC(F)F. The van der Waals surface area contributed by atoms with Crippen molar-refractivity contribution in [2.75, 3.05) is 20.2 Å². The molecule has 0 spiro atoms. The number of carbonyl (C=O) groups excluding carboxylic acids is 1. The first-order chi connectivity index (χ1) is 13.5. The molecule has 0 radical (unpaired) electrons. The van der Waals surface area contributed by atoms with Gasteiger partial charge in [0.1, 0.15) is 0 Å². The summed E-state index contributed by atoms with van der Waals surface area (Å²) in [6.07, 6.45) is 0.820. The van der Waals surface area contributed by atoms with E-state index in [1.807, 2.05) is 30.3 Å². The van der Waals surface area contributed by atoms with Gasteiger partial charge in [-0.1, -0.05) is 30.3 Å². The minimum atomic E-state index is -2.97. The summed E-state index contributed by atoms with van der Waals surface area (Å²) in [7, 11) is 1.33. The van der Waals surface area contributed by atoms with Gasteiger partial charge in [0.15, 0.2) is 11.5 Å². The highest BCUT2D eigenvalue weighted by Gasteiger charge is 2.29. The molecule has 2 aromatic carbocycles. The zero-order chi connectivity index (χ0) is 20.1. The topological polar surface area (TPSA) is 59.0 Å². The number of likely N-dealkylation sites (tertiary alicyclic amines) is 1. The number of rotatable bonds is 6. The van der Waals surface area contributed by atoms with Gasteiger partial charge in [-0.15, -0.1) is 0 Å². The molecule has 1 amide bonds. The van der Waals surface area contributed by atoms with Crippen molar-refractivity contribution in [3.8, 4) is 11.5 Å². The molecule has 5 nitrogen and oxygen atoms in total. The second-order valence-electron chi connectivity index (χ2n) is 6.73. The predicted molar refractivity (Wildman–Crippen MR) is 99.7 cm³/mol. The largest absolute Gasteiger partial charge is 0.493 e. The fourth-order valence-electron chi connectivity index (χ4n) is 3.52. The number of halogens is 2. The number of carbonyl (C=O) groups is 1. The molecule has 0 saturated carbocycles. The highest BCUT2D eigenvalue weighted by atomic mass is 19.3. The Kier molecular flexibility index (Phi) is 6.46. The smallest absolute Gasteiger partial charge is 0.387 e. The summed E-state index contributed by atoms with van der Waals surface area (Å²) in [5.74, 6) is -0.142. The van der Waals surface area contributed by atoms with Gasteiger partial charge < -0.3 is 19.5 Å². The molecule has 1 N–H and O–H groups in total. The molecule has 1 saturated heterocycles. The highest BCUT2D eigenvalue weighted by Crippen LogP contribution is 2.33. The van der Waals surface area contributed by atoms with Gasteiger partial charge in [-0.3, -0.25) is 4.79 Å². The zero-order valence-corrected chi connectivity index (χ0v) is 15.6. The number of nitrogens with zero attached hydrogens (tertiary/aromatic N) is 1. The van der Waals surface area contributed by atoms with E-state index < -0.39 is 12.7 Å². The van der Waals surface area contributed by atoms with Crippen molar-refractivity contribution < 1.29 is 28.2 Å². The molecule has 1 unspecified atom stereocenters. The molecule has 0 aromatic heterocycles. The van der Waals surface area contributed by atoms with E-state index in [1.54, 1.807) is 4.90 Å². The number of aliphatic hydroxyl groups excluding tert-OH is 1. The first-order valence-electron chi connectivity index (χ1n) is 9.14. The van der Waals surface area contributed by atoms with E-state index in [4.69, 9.17) is 4.74 Å². The third-order valence-electron chi connectivity index (χ3n) is 5.04. The van der Waals surface area contributed by atoms with E-state index in [2.05, 4.69) is 4.74 Å². The number of hydrogen-bond donors (Lipinski definition) is 1. The van der Waals surface area contributed by atoms with E-state index in [-0.39, 0.29) is 23.3 Å². The first-order valence-corrected chi connectivity index (χ1v) is 9.14. The van der Waals surface area contributed by atoms with Crippen LogP contribution >= 0.6 is 0 Å². The Morgan fingerprint density at radius 3 is 2.39 bits per heavy atom. The Labute approximate surface area is 162 Å². The zero-order valence-electron chi connectivity index (χ0n) is 15.6. The van der Waals surface area contributed by atoms with Crippen molar-refractivity contribution in [2.45, 2.75) is 25.6 Å². The van der Waals surface area contributed by atoms with Gasteiger partial charge in [-0.25, -0.2) is 0 Å². The van der Waals surface area contributed by atoms with Crippen LogP contribution in [0, 0.1) is 5.92 Å². The van der Waals surface area contributed by atoms with Gasteiger partial charge in [-0.05, 0) is 42.5 Å². The predicted octanol–water partition coefficient (Wildman–Crippen LogP) is 3.88. The lowest BCUT2D eigenvalue weighted by Gasteiger charge is -2.34. The minimum Gasteiger partial charge on any atom is -0.493 e. The Balaban J connectivity index is 1.63. The van der Waals surface area contributed by atoms with E-state index in [9.17, 15) is 18.7 Å². The molecule has 0 aliphatic carbocycles. The van der Waals surface area contributed by atoms with Crippen LogP contribution in [-0.4, -0.2) is 42.7 Å². The van der Waals surface area contributed by atoms with Crippen LogP contribution in [0.15, 0.2) is 48.5 Å². The van der Waals surface area contributed by atoms with E-state index in [0.29, 0.717) is 31.5 Å². The second kappa shape index (κ2) is 9.01. The van der Waals surface area contributed by atoms with Gasteiger partial charge in [0.25, 0.3) is 5.91 Å². The van der Waals surface area contributed by atoms with Gasteiger partial charge in [0, 0.05) is 18.7 Å². The van der Waals surface area contributed by atoms with Crippen molar-refractivity contribution in [1.29, 1.82) is 0 Å². The number of hydrogen-bond acceptors (Lipinski definition) is 4. The van der Waals surface area contributed by atoms with Crippen LogP contribution in [0.5, 0.6) is 11.5 Å². The molecule has 1 atom stereocenters. The third-order valence-corrected chi connectivity index (χ3v) is 5.04. The monoisotopic (exact) mass is 391 g/mol. The van der Waals surface area contributed by atoms with E-state index >= 15 is 0 Å². The second-order valence-corrected chi connectivity index (χ2v) is 6.73. The number of alkyl halides is 2. The van der Waals surface area contributed by atoms with Crippen molar-refractivity contribution in [2.24, 2.45) is 5.92 Å². The van der Waals surface area contributed by atoms with Crippen LogP contribution in [0.4, 0.5) is 8.78 Å². The van der Waals surface area contributed by atoms with Crippen LogP contribution in [-0.2, 0) is 0 Å². The van der Waals surface area contributed by atoms with Crippen molar-refractivity contribution in [3.05, 3.63) is 59.7 Å². The van der Waals surface area contributed by atoms with Crippen molar-refractivity contribution in [1.82, 2.24) is 4.90 Å². The first kappa shape index (κ1) is 20.1. The molecule has 1 heterocycles. The molecule has 2 aromatic rings. The average Bonchev–Trinajstić information content (AvgIpc) is 2.73. The summed E-state index contributed by atoms with van der Waals surface area (Å²) >= 11 is 0. The number of methoxy groups -OCH3 is 1. The normalized spacial score (nSPS) is 16.1. The highest BCUT2D eigenvalue weighted by molar-refractivity contribution is 5.95. The lowest BCUT2D eigenvalue weighted by molar-refractivity contribution is -0.0512. The molecule has 0 bridgehead atoms. The van der Waals surface area contributed by atoms with Crippen LogP contribution in [0.3, 0.4) is 0 Å². The minimum absolute atomic E-state index is 0.0838. The molecule has 150 valence electrons. The molecule has 28 heavy (non-hydrogen) atoms. The number of amides is 1. The molecule has 1 aliphatic heterocycles. The lowest BCUT2D eigenvalue weighted by atomic mass is 9.87. The Bertz CT molecular complexity index is 792. The van der Waals surface area contributed by atoms with Crippen LogP contribution in [0.2, 0.25) is 0 Å². The standard InChI is InChI=1S/C21H23F2NO4/c1-27-18-13-16(7-8-17(18)28-21(22)23)20(26)24-11-9-15(10-12-24)19(25)14-5-3-2-4-6-14/h2-8,13,15,19,21,25H,9-12H2,1H3. The van der Waals surface area contributed by atoms with Crippen LogP contribution in [0.25, 0.3) is 0 Å². The fraction of sp³-hybridized carbons (Fsp3) is 0.381. The lowest BCUT2D eigenvalue weighted by Crippen LogP contribution is -2.39. The van der Waals surface area contributed by atoms with E-state index in [0.717, 1.165) is 5.56 Å². The molecule has 3 rings (SSSR count). The summed E-state index contributed by atoms with van der Waals surface area (Å²) in [4.78, 5) is 14.5. The van der Waals surface area contributed by atoms with Crippen LogP contribution in [0.1, 0.15) is 34.9 Å². The Morgan fingerprint density at radius 2 is 1.79 bits per heavy atom. The summed E-state index contributed by atoms with van der Waals surface area (Å²) in [6.45, 7) is -1.93. The van der Waals surface area contributed by atoms with E-state index in [1.165, 1.54) is 25.3 Å². The third kappa shape index (κ3) is 4.59. The number of ether oxygens (including phenoxy) is 2. The fourth-order valence-corrected chi connectivity index (χ4v) is 3.52. The number of benzene rings is 2. The average molecular weight is 391 g/mol. The summed E-state index contributed by atoms with van der Waals surface area (Å²) in [5, 5.41) is 10.6. The van der Waals surface area contributed by atoms with Gasteiger partial charge in [0.2, 0.25) is 0 Å². The molecular weight excluding hydrogens is 368 g/mol. The van der Waals surface area contributed by atoms with Gasteiger partial charge in [-0.2, -0.15) is 8.78 Å². The maximum atomic E-state index is 12.8. The number of piperidine rings is 1. The molecule has 1 aliphatic rings. The van der Waals surface area contributed by atoms with Gasteiger partial charge >= 0.3 is 6.61 Å². The maximum Gasteiger partial charge on any atom is 0.387 e. The van der Waals surface area contributed by atoms with Crippen LogP contribution < -0.4 is 9.47 Å². The quantitative estimate of drug-likeness (QED) is 0.812. The molecule has 7 heteroatoms. The summed E-state index contributed by atoms with van der Waals surface area (Å²) in [5.41, 5.74) is 1.23. The molecule has 1 fully saturated rings. The summed E-state index contributed by atoms with van der Waals surface area (Å²) < 4.78 is 34.3. The van der Waals surface area contributed by atoms with Crippen molar-refractivity contribution in [3.63, 3.8) is 0 Å². The maximum absolute atomic E-state index is 12.8.